The lowest BCUT2D eigenvalue weighted by Gasteiger charge is -2.28. The van der Waals surface area contributed by atoms with Gasteiger partial charge in [-0.05, 0) is 57.9 Å². The molecule has 6 aromatic carbocycles. The molecule has 0 radical (unpaired) electrons. The standard InChI is InChI=1S/C32H18O4/c1-3-11-21-19(9-1)17-27-31(35-25-15-7-5-13-23(25)33-27)29(21)30-22-12-4-2-10-20(22)18-28-32(30)36-26-16-8-6-14-24(26)34-28/h1-18H. The van der Waals surface area contributed by atoms with Gasteiger partial charge in [0.1, 0.15) is 0 Å². The molecule has 0 aliphatic carbocycles. The van der Waals surface area contributed by atoms with Crippen molar-refractivity contribution in [3.63, 3.8) is 0 Å². The van der Waals surface area contributed by atoms with Gasteiger partial charge in [-0.2, -0.15) is 0 Å². The van der Waals surface area contributed by atoms with Crippen molar-refractivity contribution in [3.05, 3.63) is 109 Å². The highest BCUT2D eigenvalue weighted by Gasteiger charge is 2.31. The van der Waals surface area contributed by atoms with E-state index in [1.54, 1.807) is 0 Å². The van der Waals surface area contributed by atoms with Crippen molar-refractivity contribution in [2.75, 3.05) is 0 Å². The molecule has 0 bridgehead atoms. The van der Waals surface area contributed by atoms with E-state index in [1.807, 2.05) is 84.9 Å². The van der Waals surface area contributed by atoms with Crippen LogP contribution in [0, 0.1) is 0 Å². The highest BCUT2D eigenvalue weighted by molar-refractivity contribution is 6.12. The Morgan fingerprint density at radius 1 is 0.333 bits per heavy atom. The Hall–Kier alpha value is -4.96. The lowest BCUT2D eigenvalue weighted by atomic mass is 9.91. The minimum absolute atomic E-state index is 0.661. The zero-order valence-corrected chi connectivity index (χ0v) is 19.0. The maximum Gasteiger partial charge on any atom is 0.178 e. The molecule has 0 unspecified atom stereocenters. The van der Waals surface area contributed by atoms with E-state index in [9.17, 15) is 0 Å². The molecular weight excluding hydrogens is 448 g/mol. The molecule has 0 atom stereocenters. The number of hydrogen-bond acceptors (Lipinski definition) is 4. The van der Waals surface area contributed by atoms with Gasteiger partial charge < -0.3 is 18.9 Å². The van der Waals surface area contributed by atoms with Crippen molar-refractivity contribution in [2.24, 2.45) is 0 Å². The van der Waals surface area contributed by atoms with Crippen molar-refractivity contribution in [1.82, 2.24) is 0 Å². The van der Waals surface area contributed by atoms with Gasteiger partial charge in [0.15, 0.2) is 46.0 Å². The van der Waals surface area contributed by atoms with Gasteiger partial charge in [0.05, 0.1) is 0 Å². The van der Waals surface area contributed by atoms with Crippen LogP contribution in [0.3, 0.4) is 0 Å². The third-order valence-electron chi connectivity index (χ3n) is 6.75. The van der Waals surface area contributed by atoms with Gasteiger partial charge in [-0.15, -0.1) is 0 Å². The average Bonchev–Trinajstić information content (AvgIpc) is 2.93. The van der Waals surface area contributed by atoms with Crippen LogP contribution in [0.15, 0.2) is 109 Å². The molecule has 2 heterocycles. The third-order valence-corrected chi connectivity index (χ3v) is 6.75. The fourth-order valence-corrected chi connectivity index (χ4v) is 5.15. The van der Waals surface area contributed by atoms with Crippen LogP contribution >= 0.6 is 0 Å². The number of rotatable bonds is 1. The molecule has 0 spiro atoms. The van der Waals surface area contributed by atoms with E-state index in [0.29, 0.717) is 46.0 Å². The number of para-hydroxylation sites is 4. The maximum absolute atomic E-state index is 6.56. The Morgan fingerprint density at radius 2 is 0.694 bits per heavy atom. The molecule has 8 rings (SSSR count). The number of ether oxygens (including phenoxy) is 4. The van der Waals surface area contributed by atoms with Crippen LogP contribution < -0.4 is 18.9 Å². The van der Waals surface area contributed by atoms with Crippen molar-refractivity contribution in [2.45, 2.75) is 0 Å². The second-order valence-electron chi connectivity index (χ2n) is 8.90. The average molecular weight is 466 g/mol. The number of benzene rings is 6. The Kier molecular flexibility index (Phi) is 3.91. The fourth-order valence-electron chi connectivity index (χ4n) is 5.15. The first kappa shape index (κ1) is 19.4. The Bertz CT molecular complexity index is 1720. The molecule has 4 heteroatoms. The SMILES string of the molecule is c1ccc2c(c1)Oc1cc3ccccc3c(-c3c4c(cc5ccccc35)Oc3ccccc3O4)c1O2. The van der Waals surface area contributed by atoms with Crippen LogP contribution in [-0.2, 0) is 0 Å². The molecule has 0 aromatic heterocycles. The maximum atomic E-state index is 6.56. The summed E-state index contributed by atoms with van der Waals surface area (Å²) in [5.41, 5.74) is 1.82. The summed E-state index contributed by atoms with van der Waals surface area (Å²) in [7, 11) is 0. The zero-order valence-electron chi connectivity index (χ0n) is 19.0. The Balaban J connectivity index is 1.50. The summed E-state index contributed by atoms with van der Waals surface area (Å²) in [5.74, 6) is 5.40. The second kappa shape index (κ2) is 7.27. The lowest BCUT2D eigenvalue weighted by Crippen LogP contribution is -2.04. The van der Waals surface area contributed by atoms with Crippen molar-refractivity contribution in [1.29, 1.82) is 0 Å². The summed E-state index contributed by atoms with van der Waals surface area (Å²) in [5, 5.41) is 4.18. The Morgan fingerprint density at radius 3 is 1.14 bits per heavy atom. The Labute approximate surface area is 206 Å². The van der Waals surface area contributed by atoms with Crippen LogP contribution in [-0.4, -0.2) is 0 Å². The molecule has 0 N–H and O–H groups in total. The van der Waals surface area contributed by atoms with E-state index in [2.05, 4.69) is 24.3 Å². The van der Waals surface area contributed by atoms with Crippen LogP contribution in [0.5, 0.6) is 46.0 Å². The predicted molar refractivity (Wildman–Crippen MR) is 140 cm³/mol. The summed E-state index contributed by atoms with van der Waals surface area (Å²) in [6.07, 6.45) is 0. The molecule has 0 amide bonds. The molecule has 6 aromatic rings. The van der Waals surface area contributed by atoms with E-state index in [-0.39, 0.29) is 0 Å². The molecule has 0 saturated heterocycles. The van der Waals surface area contributed by atoms with Crippen molar-refractivity contribution >= 4 is 21.5 Å². The molecule has 2 aliphatic heterocycles. The first-order valence-corrected chi connectivity index (χ1v) is 11.8. The molecular formula is C32H18O4. The van der Waals surface area contributed by atoms with Gasteiger partial charge in [0, 0.05) is 11.1 Å². The van der Waals surface area contributed by atoms with E-state index in [4.69, 9.17) is 18.9 Å². The van der Waals surface area contributed by atoms with Gasteiger partial charge in [-0.25, -0.2) is 0 Å². The van der Waals surface area contributed by atoms with Crippen LogP contribution in [0.1, 0.15) is 0 Å². The minimum Gasteiger partial charge on any atom is -0.449 e. The zero-order chi connectivity index (χ0) is 23.6. The lowest BCUT2D eigenvalue weighted by molar-refractivity contribution is 0.357. The first-order chi connectivity index (χ1) is 17.8. The van der Waals surface area contributed by atoms with Gasteiger partial charge in [0.2, 0.25) is 0 Å². The fraction of sp³-hybridized carbons (Fsp3) is 0. The smallest absolute Gasteiger partial charge is 0.178 e. The quantitative estimate of drug-likeness (QED) is 0.241. The number of fused-ring (bicyclic) bond motifs is 6. The van der Waals surface area contributed by atoms with Gasteiger partial charge in [-0.1, -0.05) is 72.8 Å². The number of hydrogen-bond donors (Lipinski definition) is 0. The van der Waals surface area contributed by atoms with E-state index in [1.165, 1.54) is 0 Å². The van der Waals surface area contributed by atoms with Gasteiger partial charge in [-0.3, -0.25) is 0 Å². The normalized spacial score (nSPS) is 12.8. The van der Waals surface area contributed by atoms with Gasteiger partial charge in [0.25, 0.3) is 0 Å². The monoisotopic (exact) mass is 466 g/mol. The minimum atomic E-state index is 0.661. The second-order valence-corrected chi connectivity index (χ2v) is 8.90. The summed E-state index contributed by atoms with van der Waals surface area (Å²) in [4.78, 5) is 0. The van der Waals surface area contributed by atoms with Crippen LogP contribution in [0.4, 0.5) is 0 Å². The molecule has 0 saturated carbocycles. The summed E-state index contributed by atoms with van der Waals surface area (Å²) < 4.78 is 25.8. The first-order valence-electron chi connectivity index (χ1n) is 11.8. The molecule has 2 aliphatic rings. The van der Waals surface area contributed by atoms with Crippen LogP contribution in [0.2, 0.25) is 0 Å². The topological polar surface area (TPSA) is 36.9 Å². The van der Waals surface area contributed by atoms with E-state index < -0.39 is 0 Å². The largest absolute Gasteiger partial charge is 0.449 e. The molecule has 170 valence electrons. The van der Waals surface area contributed by atoms with E-state index in [0.717, 1.165) is 32.7 Å². The summed E-state index contributed by atoms with van der Waals surface area (Å²) in [6.45, 7) is 0. The third kappa shape index (κ3) is 2.75. The summed E-state index contributed by atoms with van der Waals surface area (Å²) >= 11 is 0. The predicted octanol–water partition coefficient (Wildman–Crippen LogP) is 9.46. The van der Waals surface area contributed by atoms with Crippen molar-refractivity contribution in [3.8, 4) is 57.1 Å². The molecule has 4 nitrogen and oxygen atoms in total. The highest BCUT2D eigenvalue weighted by Crippen LogP contribution is 2.58. The van der Waals surface area contributed by atoms with Gasteiger partial charge >= 0.3 is 0 Å². The van der Waals surface area contributed by atoms with Crippen molar-refractivity contribution < 1.29 is 18.9 Å². The summed E-state index contributed by atoms with van der Waals surface area (Å²) in [6, 6.07) is 36.1. The van der Waals surface area contributed by atoms with Crippen LogP contribution in [0.25, 0.3) is 32.7 Å². The highest BCUT2D eigenvalue weighted by atomic mass is 16.6. The molecule has 0 fully saturated rings. The van der Waals surface area contributed by atoms with E-state index >= 15 is 0 Å². The molecule has 36 heavy (non-hydrogen) atoms.